The predicted molar refractivity (Wildman–Crippen MR) is 63.7 cm³/mol. The van der Waals surface area contributed by atoms with E-state index in [-0.39, 0.29) is 11.5 Å². The molecule has 1 atom stereocenters. The second kappa shape index (κ2) is 4.00. The number of rotatable bonds is 0. The van der Waals surface area contributed by atoms with Crippen LogP contribution in [0.2, 0.25) is 0 Å². The van der Waals surface area contributed by atoms with Gasteiger partial charge in [0.25, 0.3) is 0 Å². The second-order valence-corrected chi connectivity index (χ2v) is 6.21. The van der Waals surface area contributed by atoms with Crippen LogP contribution in [0, 0.1) is 5.41 Å². The molecule has 1 amide bonds. The Balaban J connectivity index is 1.98. The molecule has 17 heavy (non-hydrogen) atoms. The number of ether oxygens (including phenoxy) is 1. The van der Waals surface area contributed by atoms with E-state index in [1.807, 2.05) is 20.8 Å². The molecule has 2 fully saturated rings. The molecular weight excluding hydrogens is 218 g/mol. The molecule has 1 saturated heterocycles. The second-order valence-electron chi connectivity index (χ2n) is 6.21. The first-order valence-electron chi connectivity index (χ1n) is 6.34. The van der Waals surface area contributed by atoms with E-state index in [2.05, 4.69) is 0 Å². The molecule has 4 nitrogen and oxygen atoms in total. The topological polar surface area (TPSA) is 46.6 Å². The van der Waals surface area contributed by atoms with Crippen LogP contribution in [0.5, 0.6) is 0 Å². The molecule has 96 valence electrons. The molecule has 0 bridgehead atoms. The minimum Gasteiger partial charge on any atom is -0.444 e. The summed E-state index contributed by atoms with van der Waals surface area (Å²) in [4.78, 5) is 25.3. The van der Waals surface area contributed by atoms with Gasteiger partial charge in [-0.3, -0.25) is 4.79 Å². The maximum Gasteiger partial charge on any atom is 0.410 e. The van der Waals surface area contributed by atoms with Crippen LogP contribution in [0.25, 0.3) is 0 Å². The SMILES string of the molecule is CC(C)(C)OC(=O)N1CCC[C@@]2(CCC2=O)C1. The van der Waals surface area contributed by atoms with E-state index in [1.165, 1.54) is 0 Å². The third-order valence-electron chi connectivity index (χ3n) is 3.65. The number of nitrogens with zero attached hydrogens (tertiary/aromatic N) is 1. The number of amides is 1. The number of hydrogen-bond donors (Lipinski definition) is 0. The average molecular weight is 239 g/mol. The number of hydrogen-bond acceptors (Lipinski definition) is 3. The van der Waals surface area contributed by atoms with Gasteiger partial charge < -0.3 is 9.64 Å². The van der Waals surface area contributed by atoms with Crippen LogP contribution in [0.4, 0.5) is 4.79 Å². The van der Waals surface area contributed by atoms with E-state index in [9.17, 15) is 9.59 Å². The van der Waals surface area contributed by atoms with Gasteiger partial charge >= 0.3 is 6.09 Å². The molecule has 0 aromatic rings. The molecule has 1 saturated carbocycles. The van der Waals surface area contributed by atoms with E-state index in [4.69, 9.17) is 4.74 Å². The van der Waals surface area contributed by atoms with E-state index < -0.39 is 5.60 Å². The Hall–Kier alpha value is -1.06. The molecule has 1 spiro atoms. The van der Waals surface area contributed by atoms with Crippen molar-refractivity contribution in [1.29, 1.82) is 0 Å². The van der Waals surface area contributed by atoms with E-state index in [0.29, 0.717) is 25.3 Å². The molecule has 1 heterocycles. The van der Waals surface area contributed by atoms with Crippen molar-refractivity contribution in [2.45, 2.75) is 52.1 Å². The molecule has 0 radical (unpaired) electrons. The number of likely N-dealkylation sites (tertiary alicyclic amines) is 1. The Morgan fingerprint density at radius 3 is 2.53 bits per heavy atom. The largest absolute Gasteiger partial charge is 0.444 e. The lowest BCUT2D eigenvalue weighted by atomic mass is 9.63. The molecule has 2 aliphatic rings. The minimum absolute atomic E-state index is 0.227. The van der Waals surface area contributed by atoms with Gasteiger partial charge in [-0.05, 0) is 40.0 Å². The van der Waals surface area contributed by atoms with Crippen LogP contribution in [0.1, 0.15) is 46.5 Å². The van der Waals surface area contributed by atoms with Crippen molar-refractivity contribution in [3.63, 3.8) is 0 Å². The number of Topliss-reactive ketones (excluding diaryl/α,β-unsaturated/α-hetero) is 1. The van der Waals surface area contributed by atoms with Crippen molar-refractivity contribution in [3.05, 3.63) is 0 Å². The van der Waals surface area contributed by atoms with Crippen LogP contribution >= 0.6 is 0 Å². The van der Waals surface area contributed by atoms with Crippen LogP contribution in [-0.2, 0) is 9.53 Å². The van der Waals surface area contributed by atoms with Crippen molar-refractivity contribution in [3.8, 4) is 0 Å². The Labute approximate surface area is 102 Å². The highest BCUT2D eigenvalue weighted by atomic mass is 16.6. The minimum atomic E-state index is -0.467. The molecule has 0 N–H and O–H groups in total. The van der Waals surface area contributed by atoms with E-state index >= 15 is 0 Å². The van der Waals surface area contributed by atoms with Gasteiger partial charge in [-0.25, -0.2) is 4.79 Å². The lowest BCUT2D eigenvalue weighted by molar-refractivity contribution is -0.142. The lowest BCUT2D eigenvalue weighted by Gasteiger charge is -2.47. The molecular formula is C13H21NO3. The van der Waals surface area contributed by atoms with E-state index in [0.717, 1.165) is 19.3 Å². The zero-order valence-electron chi connectivity index (χ0n) is 10.9. The number of carbonyl (C=O) groups excluding carboxylic acids is 2. The van der Waals surface area contributed by atoms with Gasteiger partial charge in [0.1, 0.15) is 11.4 Å². The number of ketones is 1. The zero-order valence-corrected chi connectivity index (χ0v) is 10.9. The summed E-state index contributed by atoms with van der Waals surface area (Å²) in [6, 6.07) is 0. The molecule has 0 aromatic heterocycles. The summed E-state index contributed by atoms with van der Waals surface area (Å²) in [6.07, 6.45) is 3.18. The van der Waals surface area contributed by atoms with Gasteiger partial charge in [-0.15, -0.1) is 0 Å². The van der Waals surface area contributed by atoms with Crippen LogP contribution in [0.15, 0.2) is 0 Å². The van der Waals surface area contributed by atoms with Crippen molar-refractivity contribution in [2.75, 3.05) is 13.1 Å². The van der Waals surface area contributed by atoms with Gasteiger partial charge in [-0.1, -0.05) is 0 Å². The standard InChI is InChI=1S/C13H21NO3/c1-12(2,3)17-11(16)14-8-4-6-13(9-14)7-5-10(13)15/h4-9H2,1-3H3/t13-/m1/s1. The third-order valence-corrected chi connectivity index (χ3v) is 3.65. The van der Waals surface area contributed by atoms with Crippen molar-refractivity contribution >= 4 is 11.9 Å². The predicted octanol–water partition coefficient (Wildman–Crippen LogP) is 2.37. The monoisotopic (exact) mass is 239 g/mol. The third kappa shape index (κ3) is 2.45. The van der Waals surface area contributed by atoms with Gasteiger partial charge in [0, 0.05) is 24.9 Å². The summed E-state index contributed by atoms with van der Waals surface area (Å²) < 4.78 is 5.35. The average Bonchev–Trinajstić information content (AvgIpc) is 2.25. The Morgan fingerprint density at radius 1 is 1.35 bits per heavy atom. The van der Waals surface area contributed by atoms with Crippen LogP contribution in [0.3, 0.4) is 0 Å². The fourth-order valence-corrected chi connectivity index (χ4v) is 2.63. The highest BCUT2D eigenvalue weighted by Crippen LogP contribution is 2.44. The normalized spacial score (nSPS) is 29.1. The van der Waals surface area contributed by atoms with Crippen molar-refractivity contribution in [1.82, 2.24) is 4.90 Å². The fourth-order valence-electron chi connectivity index (χ4n) is 2.63. The smallest absolute Gasteiger partial charge is 0.410 e. The summed E-state index contributed by atoms with van der Waals surface area (Å²) in [5.41, 5.74) is -0.694. The molecule has 2 rings (SSSR count). The van der Waals surface area contributed by atoms with Gasteiger partial charge in [0.05, 0.1) is 0 Å². The molecule has 0 unspecified atom stereocenters. The number of piperidine rings is 1. The number of carbonyl (C=O) groups is 2. The molecule has 0 aromatic carbocycles. The Morgan fingerprint density at radius 2 is 2.06 bits per heavy atom. The summed E-state index contributed by atoms with van der Waals surface area (Å²) in [6.45, 7) is 6.85. The maximum absolute atomic E-state index is 11.9. The first-order valence-corrected chi connectivity index (χ1v) is 6.34. The summed E-state index contributed by atoms with van der Waals surface area (Å²) in [5, 5.41) is 0. The first kappa shape index (κ1) is 12.4. The zero-order chi connectivity index (χ0) is 12.7. The lowest BCUT2D eigenvalue weighted by Crippen LogP contribution is -2.55. The highest BCUT2D eigenvalue weighted by Gasteiger charge is 2.49. The van der Waals surface area contributed by atoms with Gasteiger partial charge in [-0.2, -0.15) is 0 Å². The van der Waals surface area contributed by atoms with E-state index in [1.54, 1.807) is 4.90 Å². The van der Waals surface area contributed by atoms with Crippen molar-refractivity contribution in [2.24, 2.45) is 5.41 Å². The fraction of sp³-hybridized carbons (Fsp3) is 0.846. The highest BCUT2D eigenvalue weighted by molar-refractivity contribution is 5.91. The van der Waals surface area contributed by atoms with Gasteiger partial charge in [0.15, 0.2) is 0 Å². The summed E-state index contributed by atoms with van der Waals surface area (Å²) in [5.74, 6) is 0.325. The molecule has 1 aliphatic carbocycles. The first-order chi connectivity index (χ1) is 7.82. The van der Waals surface area contributed by atoms with Crippen molar-refractivity contribution < 1.29 is 14.3 Å². The quantitative estimate of drug-likeness (QED) is 0.652. The van der Waals surface area contributed by atoms with Gasteiger partial charge in [0.2, 0.25) is 0 Å². The summed E-state index contributed by atoms with van der Waals surface area (Å²) >= 11 is 0. The maximum atomic E-state index is 11.9. The molecule has 1 aliphatic heterocycles. The Kier molecular flexibility index (Phi) is 2.92. The summed E-state index contributed by atoms with van der Waals surface area (Å²) in [7, 11) is 0. The van der Waals surface area contributed by atoms with Crippen LogP contribution < -0.4 is 0 Å². The Bertz CT molecular complexity index is 345. The molecule has 4 heteroatoms. The van der Waals surface area contributed by atoms with Crippen LogP contribution in [-0.4, -0.2) is 35.5 Å².